The van der Waals surface area contributed by atoms with Crippen LogP contribution in [-0.2, 0) is 20.6 Å². The van der Waals surface area contributed by atoms with Gasteiger partial charge >= 0.3 is 7.12 Å². The van der Waals surface area contributed by atoms with Crippen LogP contribution in [0.15, 0.2) is 63.3 Å². The van der Waals surface area contributed by atoms with Crippen molar-refractivity contribution in [1.82, 2.24) is 9.88 Å². The lowest BCUT2D eigenvalue weighted by Crippen LogP contribution is -2.41. The van der Waals surface area contributed by atoms with Gasteiger partial charge in [-0.15, -0.1) is 0 Å². The van der Waals surface area contributed by atoms with Crippen molar-refractivity contribution in [2.24, 2.45) is 15.9 Å². The van der Waals surface area contributed by atoms with E-state index in [4.69, 9.17) is 14.0 Å². The van der Waals surface area contributed by atoms with Gasteiger partial charge in [-0.1, -0.05) is 18.2 Å². The zero-order chi connectivity index (χ0) is 28.2. The number of aromatic nitrogens is 1. The van der Waals surface area contributed by atoms with Gasteiger partial charge in [0.25, 0.3) is 5.56 Å². The molecule has 0 atom stereocenters. The SMILES string of the molecule is C=N/C(=N\C=C(/C)OCC1CCNCC1)c1cccc(Cn2cc(B3OC(C)(C)C(C)(C)O3)cc(F)c2=O)c1. The molecular formula is C29H38BFN4O4. The van der Waals surface area contributed by atoms with E-state index in [2.05, 4.69) is 22.0 Å². The largest absolute Gasteiger partial charge is 0.496 e. The Morgan fingerprint density at radius 2 is 1.92 bits per heavy atom. The lowest BCUT2D eigenvalue weighted by Gasteiger charge is -2.32. The van der Waals surface area contributed by atoms with Crippen molar-refractivity contribution in [3.63, 3.8) is 0 Å². The zero-order valence-electron chi connectivity index (χ0n) is 23.5. The Labute approximate surface area is 230 Å². The minimum atomic E-state index is -0.863. The summed E-state index contributed by atoms with van der Waals surface area (Å²) in [5.74, 6) is 0.806. The number of ether oxygens (including phenoxy) is 1. The average molecular weight is 536 g/mol. The second-order valence-electron chi connectivity index (χ2n) is 11.2. The highest BCUT2D eigenvalue weighted by Crippen LogP contribution is 2.36. The minimum absolute atomic E-state index is 0.148. The zero-order valence-corrected chi connectivity index (χ0v) is 23.5. The molecule has 1 aromatic heterocycles. The number of allylic oxidation sites excluding steroid dienone is 1. The molecule has 39 heavy (non-hydrogen) atoms. The molecule has 2 saturated heterocycles. The molecule has 1 N–H and O–H groups in total. The van der Waals surface area contributed by atoms with Crippen molar-refractivity contribution < 1.29 is 18.4 Å². The van der Waals surface area contributed by atoms with Gasteiger partial charge in [-0.25, -0.2) is 14.4 Å². The highest BCUT2D eigenvalue weighted by atomic mass is 19.1. The molecule has 0 amide bonds. The van der Waals surface area contributed by atoms with Crippen molar-refractivity contribution in [1.29, 1.82) is 0 Å². The summed E-state index contributed by atoms with van der Waals surface area (Å²) in [7, 11) is -0.779. The Balaban J connectivity index is 1.50. The summed E-state index contributed by atoms with van der Waals surface area (Å²) in [6.45, 7) is 16.1. The molecule has 0 saturated carbocycles. The van der Waals surface area contributed by atoms with Gasteiger partial charge in [0.1, 0.15) is 5.76 Å². The maximum absolute atomic E-state index is 14.7. The van der Waals surface area contributed by atoms with Crippen LogP contribution in [0.3, 0.4) is 0 Å². The average Bonchev–Trinajstić information content (AvgIpc) is 3.13. The van der Waals surface area contributed by atoms with Crippen LogP contribution >= 0.6 is 0 Å². The fraction of sp³-hybridized carbons (Fsp3) is 0.483. The van der Waals surface area contributed by atoms with Crippen molar-refractivity contribution in [3.8, 4) is 0 Å². The van der Waals surface area contributed by atoms with Crippen LogP contribution in [0.25, 0.3) is 0 Å². The number of hydrogen-bond acceptors (Lipinski definition) is 6. The monoisotopic (exact) mass is 536 g/mol. The Kier molecular flexibility index (Phi) is 8.88. The minimum Gasteiger partial charge on any atom is -0.496 e. The maximum Gasteiger partial charge on any atom is 0.496 e. The first-order chi connectivity index (χ1) is 18.5. The van der Waals surface area contributed by atoms with Crippen LogP contribution in [0.4, 0.5) is 4.39 Å². The summed E-state index contributed by atoms with van der Waals surface area (Å²) in [5.41, 5.74) is 0.0621. The van der Waals surface area contributed by atoms with E-state index < -0.39 is 29.7 Å². The smallest absolute Gasteiger partial charge is 0.496 e. The van der Waals surface area contributed by atoms with Gasteiger partial charge in [0, 0.05) is 17.2 Å². The van der Waals surface area contributed by atoms with E-state index in [-0.39, 0.29) is 6.54 Å². The number of nitrogens with zero attached hydrogens (tertiary/aromatic N) is 3. The number of pyridine rings is 1. The summed E-state index contributed by atoms with van der Waals surface area (Å²) in [6, 6.07) is 8.61. The van der Waals surface area contributed by atoms with Gasteiger partial charge < -0.3 is 23.9 Å². The number of piperidine rings is 1. The quantitative estimate of drug-likeness (QED) is 0.241. The Morgan fingerprint density at radius 1 is 1.23 bits per heavy atom. The van der Waals surface area contributed by atoms with Gasteiger partial charge in [-0.05, 0) is 90.9 Å². The highest BCUT2D eigenvalue weighted by molar-refractivity contribution is 6.62. The van der Waals surface area contributed by atoms with E-state index in [1.165, 1.54) is 10.6 Å². The highest BCUT2D eigenvalue weighted by Gasteiger charge is 2.52. The normalized spacial score (nSPS) is 19.8. The first kappa shape index (κ1) is 28.9. The van der Waals surface area contributed by atoms with Crippen LogP contribution < -0.4 is 16.3 Å². The number of benzene rings is 1. The van der Waals surface area contributed by atoms with E-state index in [1.807, 2.05) is 58.9 Å². The van der Waals surface area contributed by atoms with Gasteiger partial charge in [-0.3, -0.25) is 4.79 Å². The fourth-order valence-electron chi connectivity index (χ4n) is 4.55. The van der Waals surface area contributed by atoms with E-state index in [0.717, 1.165) is 37.1 Å². The van der Waals surface area contributed by atoms with Crippen LogP contribution in [0.1, 0.15) is 58.6 Å². The molecule has 2 aliphatic rings. The number of hydrogen-bond donors (Lipinski definition) is 1. The molecule has 208 valence electrons. The summed E-state index contributed by atoms with van der Waals surface area (Å²) in [5, 5.41) is 3.35. The molecule has 2 aliphatic heterocycles. The first-order valence-corrected chi connectivity index (χ1v) is 13.4. The number of nitrogens with one attached hydrogen (secondary N) is 1. The predicted molar refractivity (Wildman–Crippen MR) is 153 cm³/mol. The Morgan fingerprint density at radius 3 is 2.59 bits per heavy atom. The molecule has 0 aliphatic carbocycles. The van der Waals surface area contributed by atoms with Gasteiger partial charge in [0.05, 0.1) is 30.6 Å². The standard InChI is InChI=1S/C29H38BFN4O4/c1-20(37-19-21-10-12-33-13-11-21)16-34-26(32-6)23-9-7-8-22(14-23)17-35-18-24(15-25(31)27(35)36)30-38-28(2,3)29(4,5)39-30/h7-9,14-16,18,21,33H,6,10-13,17,19H2,1-5H3/b20-16+,34-26-. The molecule has 0 unspecified atom stereocenters. The second-order valence-corrected chi connectivity index (χ2v) is 11.2. The fourth-order valence-corrected chi connectivity index (χ4v) is 4.55. The third kappa shape index (κ3) is 6.93. The lowest BCUT2D eigenvalue weighted by atomic mass is 9.80. The third-order valence-electron chi connectivity index (χ3n) is 7.65. The summed E-state index contributed by atoms with van der Waals surface area (Å²) < 4.78 is 34.0. The molecule has 0 bridgehead atoms. The third-order valence-corrected chi connectivity index (χ3v) is 7.65. The Bertz CT molecular complexity index is 1300. The van der Waals surface area contributed by atoms with Crippen molar-refractivity contribution in [2.45, 2.75) is 65.2 Å². The van der Waals surface area contributed by atoms with Gasteiger partial charge in [0.15, 0.2) is 11.7 Å². The summed E-state index contributed by atoms with van der Waals surface area (Å²) in [6.07, 6.45) is 5.45. The van der Waals surface area contributed by atoms with Crippen molar-refractivity contribution in [3.05, 3.63) is 75.8 Å². The van der Waals surface area contributed by atoms with Crippen LogP contribution in [0.5, 0.6) is 0 Å². The molecule has 0 radical (unpaired) electrons. The number of rotatable bonds is 8. The summed E-state index contributed by atoms with van der Waals surface area (Å²) in [4.78, 5) is 21.2. The number of amidine groups is 1. The van der Waals surface area contributed by atoms with E-state index in [9.17, 15) is 9.18 Å². The Hall–Kier alpha value is -3.08. The molecule has 1 aromatic carbocycles. The van der Waals surface area contributed by atoms with E-state index in [0.29, 0.717) is 29.6 Å². The van der Waals surface area contributed by atoms with Crippen LogP contribution in [0.2, 0.25) is 0 Å². The molecule has 2 aromatic rings. The second kappa shape index (κ2) is 12.0. The van der Waals surface area contributed by atoms with E-state index in [1.54, 1.807) is 12.4 Å². The van der Waals surface area contributed by atoms with Crippen LogP contribution in [0, 0.1) is 11.7 Å². The van der Waals surface area contributed by atoms with Gasteiger partial charge in [-0.2, -0.15) is 0 Å². The molecule has 2 fully saturated rings. The predicted octanol–water partition coefficient (Wildman–Crippen LogP) is 3.66. The van der Waals surface area contributed by atoms with Crippen molar-refractivity contribution >= 4 is 25.1 Å². The maximum atomic E-state index is 14.7. The summed E-state index contributed by atoms with van der Waals surface area (Å²) >= 11 is 0. The van der Waals surface area contributed by atoms with Crippen molar-refractivity contribution in [2.75, 3.05) is 19.7 Å². The molecular weight excluding hydrogens is 498 g/mol. The first-order valence-electron chi connectivity index (χ1n) is 13.4. The molecule has 3 heterocycles. The molecule has 4 rings (SSSR count). The van der Waals surface area contributed by atoms with Crippen LogP contribution in [-0.4, -0.2) is 55.1 Å². The molecule has 0 spiro atoms. The molecule has 8 nitrogen and oxygen atoms in total. The molecule has 10 heteroatoms. The van der Waals surface area contributed by atoms with E-state index >= 15 is 0 Å². The topological polar surface area (TPSA) is 86.4 Å². The van der Waals surface area contributed by atoms with Gasteiger partial charge in [0.2, 0.25) is 0 Å². The lowest BCUT2D eigenvalue weighted by molar-refractivity contribution is 0.00578. The number of aliphatic imine (C=N–C) groups is 2. The number of halogens is 1.